The van der Waals surface area contributed by atoms with Gasteiger partial charge < -0.3 is 14.4 Å². The third kappa shape index (κ3) is 5.60. The molecular weight excluding hydrogens is 579 g/mol. The Morgan fingerprint density at radius 3 is 2.27 bits per heavy atom. The summed E-state index contributed by atoms with van der Waals surface area (Å²) in [5.41, 5.74) is 3.65. The fourth-order valence-electron chi connectivity index (χ4n) is 5.24. The van der Waals surface area contributed by atoms with Crippen molar-refractivity contribution >= 4 is 74.7 Å². The second-order valence-corrected chi connectivity index (χ2v) is 11.7. The number of halogens is 2. The maximum Gasteiger partial charge on any atom is 0.294 e. The maximum atomic E-state index is 13.3. The van der Waals surface area contributed by atoms with E-state index in [1.807, 2.05) is 65.4 Å². The summed E-state index contributed by atoms with van der Waals surface area (Å²) in [5.74, 6) is -0.684. The number of para-hydroxylation sites is 2. The Hall–Kier alpha value is -3.72. The Morgan fingerprint density at radius 2 is 1.54 bits per heavy atom. The lowest BCUT2D eigenvalue weighted by atomic mass is 10.1. The van der Waals surface area contributed by atoms with Crippen LogP contribution in [0.5, 0.6) is 0 Å². The summed E-state index contributed by atoms with van der Waals surface area (Å²) in [6.45, 7) is 2.64. The minimum atomic E-state index is -0.456. The number of fused-ring (bicyclic) bond motifs is 1. The molecule has 4 aromatic rings. The monoisotopic (exact) mass is 604 g/mol. The van der Waals surface area contributed by atoms with Gasteiger partial charge in [0, 0.05) is 70.1 Å². The topological polar surface area (TPSA) is 65.9 Å². The number of thioether (sulfide) groups is 1. The molecule has 6 rings (SSSR count). The standard InChI is InChI=1S/C31H26Cl2N4O3S/c32-25-10-6-11-26(33)24(25)19-36-18-21(23-9-4-5-12-27(23)36)17-28-30(39)37(31(40)41-28)20-29(38)35-15-13-34(14-16-35)22-7-2-1-3-8-22/h1-12,17-18H,13-16,19-20H2/b28-17-. The number of amides is 3. The van der Waals surface area contributed by atoms with Crippen LogP contribution >= 0.6 is 35.0 Å². The molecule has 0 N–H and O–H groups in total. The van der Waals surface area contributed by atoms with Crippen molar-refractivity contribution in [2.24, 2.45) is 0 Å². The van der Waals surface area contributed by atoms with Gasteiger partial charge in [0.15, 0.2) is 0 Å². The molecule has 2 aliphatic heterocycles. The van der Waals surface area contributed by atoms with E-state index in [2.05, 4.69) is 4.90 Å². The summed E-state index contributed by atoms with van der Waals surface area (Å²) >= 11 is 13.7. The van der Waals surface area contributed by atoms with Crippen LogP contribution in [-0.2, 0) is 16.1 Å². The van der Waals surface area contributed by atoms with Gasteiger partial charge >= 0.3 is 0 Å². The predicted molar refractivity (Wildman–Crippen MR) is 165 cm³/mol. The molecule has 2 fully saturated rings. The van der Waals surface area contributed by atoms with Crippen LogP contribution in [0.2, 0.25) is 10.0 Å². The molecule has 0 aliphatic carbocycles. The van der Waals surface area contributed by atoms with Gasteiger partial charge in [0.2, 0.25) is 5.91 Å². The van der Waals surface area contributed by atoms with E-state index < -0.39 is 11.1 Å². The van der Waals surface area contributed by atoms with E-state index in [0.717, 1.165) is 44.4 Å². The minimum absolute atomic E-state index is 0.227. The van der Waals surface area contributed by atoms with E-state index in [0.29, 0.717) is 42.8 Å². The van der Waals surface area contributed by atoms with E-state index in [1.54, 1.807) is 29.2 Å². The quantitative estimate of drug-likeness (QED) is 0.239. The van der Waals surface area contributed by atoms with Crippen molar-refractivity contribution in [1.82, 2.24) is 14.4 Å². The molecule has 2 aliphatic rings. The molecule has 3 amide bonds. The number of benzene rings is 3. The van der Waals surface area contributed by atoms with Crippen molar-refractivity contribution in [3.05, 3.63) is 105 Å². The zero-order valence-corrected chi connectivity index (χ0v) is 24.3. The Kier molecular flexibility index (Phi) is 7.79. The number of nitrogens with zero attached hydrogens (tertiary/aromatic N) is 4. The molecule has 0 atom stereocenters. The fraction of sp³-hybridized carbons (Fsp3) is 0.194. The Labute approximate surface area is 251 Å². The van der Waals surface area contributed by atoms with Crippen LogP contribution in [0.15, 0.2) is 83.9 Å². The number of piperazine rings is 1. The number of carbonyl (C=O) groups excluding carboxylic acids is 3. The van der Waals surface area contributed by atoms with Crippen molar-refractivity contribution < 1.29 is 14.4 Å². The normalized spacial score (nSPS) is 16.8. The molecule has 0 spiro atoms. The number of aromatic nitrogens is 1. The first-order valence-corrected chi connectivity index (χ1v) is 14.8. The van der Waals surface area contributed by atoms with Crippen molar-refractivity contribution in [1.29, 1.82) is 0 Å². The van der Waals surface area contributed by atoms with Crippen LogP contribution in [0.25, 0.3) is 17.0 Å². The van der Waals surface area contributed by atoms with Crippen LogP contribution < -0.4 is 4.90 Å². The largest absolute Gasteiger partial charge is 0.368 e. The van der Waals surface area contributed by atoms with Crippen molar-refractivity contribution in [2.45, 2.75) is 6.54 Å². The van der Waals surface area contributed by atoms with Gasteiger partial charge in [-0.15, -0.1) is 0 Å². The molecule has 10 heteroatoms. The third-order valence-electron chi connectivity index (χ3n) is 7.42. The molecule has 0 bridgehead atoms. The minimum Gasteiger partial charge on any atom is -0.368 e. The van der Waals surface area contributed by atoms with Crippen molar-refractivity contribution in [3.8, 4) is 0 Å². The molecule has 0 unspecified atom stereocenters. The lowest BCUT2D eigenvalue weighted by Gasteiger charge is -2.36. The molecule has 1 aromatic heterocycles. The summed E-state index contributed by atoms with van der Waals surface area (Å²) in [6.07, 6.45) is 3.65. The fourth-order valence-corrected chi connectivity index (χ4v) is 6.59. The highest BCUT2D eigenvalue weighted by Crippen LogP contribution is 2.35. The zero-order valence-electron chi connectivity index (χ0n) is 22.0. The maximum absolute atomic E-state index is 13.3. The van der Waals surface area contributed by atoms with E-state index >= 15 is 0 Å². The van der Waals surface area contributed by atoms with Gasteiger partial charge in [-0.1, -0.05) is 65.7 Å². The molecule has 3 aromatic carbocycles. The van der Waals surface area contributed by atoms with E-state index in [4.69, 9.17) is 23.2 Å². The molecule has 208 valence electrons. The van der Waals surface area contributed by atoms with Gasteiger partial charge in [0.25, 0.3) is 11.1 Å². The van der Waals surface area contributed by atoms with Gasteiger partial charge in [-0.3, -0.25) is 19.3 Å². The average molecular weight is 606 g/mol. The van der Waals surface area contributed by atoms with Crippen molar-refractivity contribution in [3.63, 3.8) is 0 Å². The summed E-state index contributed by atoms with van der Waals surface area (Å²) in [6, 6.07) is 23.3. The second-order valence-electron chi connectivity index (χ2n) is 9.90. The Morgan fingerprint density at radius 1 is 0.854 bits per heavy atom. The summed E-state index contributed by atoms with van der Waals surface area (Å²) in [5, 5.41) is 1.63. The third-order valence-corrected chi connectivity index (χ3v) is 9.03. The zero-order chi connectivity index (χ0) is 28.5. The molecule has 7 nitrogen and oxygen atoms in total. The average Bonchev–Trinajstić information content (AvgIpc) is 3.47. The van der Waals surface area contributed by atoms with Gasteiger partial charge in [-0.2, -0.15) is 0 Å². The predicted octanol–water partition coefficient (Wildman–Crippen LogP) is 6.38. The molecule has 2 saturated heterocycles. The van der Waals surface area contributed by atoms with Crippen LogP contribution in [-0.4, -0.2) is 64.1 Å². The first-order valence-electron chi connectivity index (χ1n) is 13.2. The van der Waals surface area contributed by atoms with Gasteiger partial charge in [0.05, 0.1) is 11.4 Å². The lowest BCUT2D eigenvalue weighted by Crippen LogP contribution is -2.51. The smallest absolute Gasteiger partial charge is 0.294 e. The van der Waals surface area contributed by atoms with E-state index in [1.165, 1.54) is 0 Å². The molecule has 0 radical (unpaired) electrons. The number of hydrogen-bond donors (Lipinski definition) is 0. The Bertz CT molecular complexity index is 1660. The molecular formula is C31H26Cl2N4O3S. The highest BCUT2D eigenvalue weighted by Gasteiger charge is 2.37. The molecule has 3 heterocycles. The van der Waals surface area contributed by atoms with Crippen LogP contribution in [0, 0.1) is 0 Å². The second kappa shape index (κ2) is 11.6. The first kappa shape index (κ1) is 27.4. The molecule has 0 saturated carbocycles. The van der Waals surface area contributed by atoms with Crippen LogP contribution in [0.1, 0.15) is 11.1 Å². The highest BCUT2D eigenvalue weighted by atomic mass is 35.5. The number of rotatable bonds is 6. The summed E-state index contributed by atoms with van der Waals surface area (Å²) < 4.78 is 2.02. The number of imide groups is 1. The number of carbonyl (C=O) groups is 3. The van der Waals surface area contributed by atoms with Crippen LogP contribution in [0.4, 0.5) is 10.5 Å². The lowest BCUT2D eigenvalue weighted by molar-refractivity contribution is -0.136. The van der Waals surface area contributed by atoms with Gasteiger partial charge in [0.1, 0.15) is 6.54 Å². The SMILES string of the molecule is O=C(CN1C(=O)S/C(=C\c2cn(Cc3c(Cl)cccc3Cl)c3ccccc23)C1=O)N1CCN(c2ccccc2)CC1. The van der Waals surface area contributed by atoms with Gasteiger partial charge in [-0.25, -0.2) is 0 Å². The van der Waals surface area contributed by atoms with Gasteiger partial charge in [-0.05, 0) is 48.2 Å². The van der Waals surface area contributed by atoms with E-state index in [9.17, 15) is 14.4 Å². The Balaban J connectivity index is 1.17. The first-order chi connectivity index (χ1) is 19.9. The molecule has 41 heavy (non-hydrogen) atoms. The highest BCUT2D eigenvalue weighted by molar-refractivity contribution is 8.18. The number of anilines is 1. The van der Waals surface area contributed by atoms with E-state index in [-0.39, 0.29) is 17.4 Å². The van der Waals surface area contributed by atoms with Crippen molar-refractivity contribution in [2.75, 3.05) is 37.6 Å². The summed E-state index contributed by atoms with van der Waals surface area (Å²) in [7, 11) is 0. The van der Waals surface area contributed by atoms with Crippen LogP contribution in [0.3, 0.4) is 0 Å². The summed E-state index contributed by atoms with van der Waals surface area (Å²) in [4.78, 5) is 44.5. The number of hydrogen-bond acceptors (Lipinski definition) is 5.